The number of hydrogen-bond acceptors (Lipinski definition) is 2. The number of hydrogen-bond donors (Lipinski definition) is 1. The maximum Gasteiger partial charge on any atom is 0.216 e. The van der Waals surface area contributed by atoms with Crippen LogP contribution in [0.3, 0.4) is 0 Å². The number of rotatable bonds is 5. The number of carbonyl (C=O) groups is 1. The maximum atomic E-state index is 10.6. The van der Waals surface area contributed by atoms with Gasteiger partial charge in [0, 0.05) is 11.9 Å². The first-order chi connectivity index (χ1) is 7.63. The summed E-state index contributed by atoms with van der Waals surface area (Å²) in [5.74, 6) is 0.737. The van der Waals surface area contributed by atoms with Crippen molar-refractivity contribution in [2.45, 2.75) is 20.3 Å². The number of carbonyl (C=O) groups excluding carboxylic acids is 1. The first-order valence-electron chi connectivity index (χ1n) is 5.29. The van der Waals surface area contributed by atoms with Gasteiger partial charge in [0.05, 0.1) is 6.54 Å². The SMILES string of the molecule is CCc1cc(OCCNC(C)=O)ccc1Cl. The van der Waals surface area contributed by atoms with Crippen LogP contribution in [0.2, 0.25) is 5.02 Å². The molecule has 4 heteroatoms. The summed E-state index contributed by atoms with van der Waals surface area (Å²) < 4.78 is 5.48. The summed E-state index contributed by atoms with van der Waals surface area (Å²) in [6.07, 6.45) is 0.877. The molecule has 1 aromatic rings. The van der Waals surface area contributed by atoms with Crippen LogP contribution in [0.25, 0.3) is 0 Å². The minimum absolute atomic E-state index is 0.0473. The topological polar surface area (TPSA) is 38.3 Å². The van der Waals surface area contributed by atoms with Gasteiger partial charge in [0.1, 0.15) is 12.4 Å². The van der Waals surface area contributed by atoms with E-state index in [1.54, 1.807) is 0 Å². The van der Waals surface area contributed by atoms with E-state index in [2.05, 4.69) is 5.32 Å². The van der Waals surface area contributed by atoms with Gasteiger partial charge in [0.15, 0.2) is 0 Å². The Morgan fingerprint density at radius 1 is 1.50 bits per heavy atom. The second kappa shape index (κ2) is 6.38. The standard InChI is InChI=1S/C12H16ClNO2/c1-3-10-8-11(4-5-12(10)13)16-7-6-14-9(2)15/h4-5,8H,3,6-7H2,1-2H3,(H,14,15). The number of nitrogens with one attached hydrogen (secondary N) is 1. The molecule has 0 bridgehead atoms. The van der Waals surface area contributed by atoms with Crippen LogP contribution in [0, 0.1) is 0 Å². The van der Waals surface area contributed by atoms with Gasteiger partial charge in [0.25, 0.3) is 0 Å². The van der Waals surface area contributed by atoms with Gasteiger partial charge in [-0.25, -0.2) is 0 Å². The molecule has 0 aliphatic carbocycles. The molecular formula is C12H16ClNO2. The molecule has 0 aromatic heterocycles. The zero-order valence-corrected chi connectivity index (χ0v) is 10.3. The quantitative estimate of drug-likeness (QED) is 0.804. The van der Waals surface area contributed by atoms with Crippen molar-refractivity contribution >= 4 is 17.5 Å². The summed E-state index contributed by atoms with van der Waals surface area (Å²) in [6, 6.07) is 5.58. The molecule has 0 spiro atoms. The van der Waals surface area contributed by atoms with Crippen molar-refractivity contribution in [1.29, 1.82) is 0 Å². The van der Waals surface area contributed by atoms with Crippen molar-refractivity contribution in [3.05, 3.63) is 28.8 Å². The molecule has 1 amide bonds. The van der Waals surface area contributed by atoms with E-state index in [0.29, 0.717) is 13.2 Å². The van der Waals surface area contributed by atoms with Crippen LogP contribution >= 0.6 is 11.6 Å². The largest absolute Gasteiger partial charge is 0.492 e. The summed E-state index contributed by atoms with van der Waals surface area (Å²) in [5.41, 5.74) is 1.07. The van der Waals surface area contributed by atoms with Crippen molar-refractivity contribution in [3.63, 3.8) is 0 Å². The van der Waals surface area contributed by atoms with Crippen molar-refractivity contribution in [2.75, 3.05) is 13.2 Å². The number of aryl methyl sites for hydroxylation is 1. The summed E-state index contributed by atoms with van der Waals surface area (Å²) in [5, 5.41) is 3.43. The number of benzene rings is 1. The normalized spacial score (nSPS) is 9.94. The van der Waals surface area contributed by atoms with Crippen LogP contribution in [-0.2, 0) is 11.2 Å². The van der Waals surface area contributed by atoms with E-state index in [4.69, 9.17) is 16.3 Å². The molecular weight excluding hydrogens is 226 g/mol. The van der Waals surface area contributed by atoms with E-state index in [9.17, 15) is 4.79 Å². The fourth-order valence-electron chi connectivity index (χ4n) is 1.31. The highest BCUT2D eigenvalue weighted by Gasteiger charge is 2.01. The van der Waals surface area contributed by atoms with Crippen molar-refractivity contribution in [1.82, 2.24) is 5.32 Å². The summed E-state index contributed by atoms with van der Waals surface area (Å²) in [6.45, 7) is 4.50. The van der Waals surface area contributed by atoms with Crippen LogP contribution in [0.5, 0.6) is 5.75 Å². The average Bonchev–Trinajstić information content (AvgIpc) is 2.26. The van der Waals surface area contributed by atoms with E-state index in [0.717, 1.165) is 22.8 Å². The highest BCUT2D eigenvalue weighted by atomic mass is 35.5. The fourth-order valence-corrected chi connectivity index (χ4v) is 1.56. The first-order valence-corrected chi connectivity index (χ1v) is 5.67. The van der Waals surface area contributed by atoms with Crippen LogP contribution in [0.1, 0.15) is 19.4 Å². The van der Waals surface area contributed by atoms with Gasteiger partial charge in [-0.3, -0.25) is 4.79 Å². The number of ether oxygens (including phenoxy) is 1. The minimum Gasteiger partial charge on any atom is -0.492 e. The third-order valence-corrected chi connectivity index (χ3v) is 2.51. The Kier molecular flexibility index (Phi) is 5.12. The minimum atomic E-state index is -0.0473. The van der Waals surface area contributed by atoms with Gasteiger partial charge in [-0.15, -0.1) is 0 Å². The Morgan fingerprint density at radius 3 is 2.88 bits per heavy atom. The molecule has 0 unspecified atom stereocenters. The third-order valence-electron chi connectivity index (χ3n) is 2.14. The van der Waals surface area contributed by atoms with Crippen LogP contribution in [0.4, 0.5) is 0 Å². The van der Waals surface area contributed by atoms with Gasteiger partial charge in [-0.1, -0.05) is 18.5 Å². The van der Waals surface area contributed by atoms with Gasteiger partial charge in [-0.2, -0.15) is 0 Å². The summed E-state index contributed by atoms with van der Waals surface area (Å²) in [4.78, 5) is 10.6. The molecule has 0 atom stereocenters. The van der Waals surface area contributed by atoms with E-state index in [1.165, 1.54) is 6.92 Å². The predicted octanol–water partition coefficient (Wildman–Crippen LogP) is 2.42. The lowest BCUT2D eigenvalue weighted by Crippen LogP contribution is -2.25. The molecule has 0 saturated heterocycles. The van der Waals surface area contributed by atoms with Crippen molar-refractivity contribution < 1.29 is 9.53 Å². The first kappa shape index (κ1) is 12.8. The Labute approximate surface area is 101 Å². The molecule has 16 heavy (non-hydrogen) atoms. The monoisotopic (exact) mass is 241 g/mol. The van der Waals surface area contributed by atoms with Gasteiger partial charge >= 0.3 is 0 Å². The number of halogens is 1. The third kappa shape index (κ3) is 4.11. The molecule has 1 rings (SSSR count). The number of amides is 1. The van der Waals surface area contributed by atoms with Gasteiger partial charge in [-0.05, 0) is 30.2 Å². The van der Waals surface area contributed by atoms with Crippen LogP contribution < -0.4 is 10.1 Å². The van der Waals surface area contributed by atoms with Crippen LogP contribution in [0.15, 0.2) is 18.2 Å². The van der Waals surface area contributed by atoms with Crippen LogP contribution in [-0.4, -0.2) is 19.1 Å². The van der Waals surface area contributed by atoms with Crippen molar-refractivity contribution in [3.8, 4) is 5.75 Å². The lowest BCUT2D eigenvalue weighted by atomic mass is 10.1. The zero-order valence-electron chi connectivity index (χ0n) is 9.55. The molecule has 1 aromatic carbocycles. The van der Waals surface area contributed by atoms with Gasteiger partial charge < -0.3 is 10.1 Å². The van der Waals surface area contributed by atoms with E-state index < -0.39 is 0 Å². The molecule has 0 radical (unpaired) electrons. The maximum absolute atomic E-state index is 10.6. The second-order valence-corrected chi connectivity index (χ2v) is 3.85. The fraction of sp³-hybridized carbons (Fsp3) is 0.417. The summed E-state index contributed by atoms with van der Waals surface area (Å²) in [7, 11) is 0. The summed E-state index contributed by atoms with van der Waals surface area (Å²) >= 11 is 5.99. The van der Waals surface area contributed by atoms with E-state index in [1.807, 2.05) is 25.1 Å². The lowest BCUT2D eigenvalue weighted by Gasteiger charge is -2.08. The molecule has 0 aliphatic rings. The second-order valence-electron chi connectivity index (χ2n) is 3.44. The molecule has 0 saturated carbocycles. The Hall–Kier alpha value is -1.22. The molecule has 3 nitrogen and oxygen atoms in total. The van der Waals surface area contributed by atoms with Gasteiger partial charge in [0.2, 0.25) is 5.91 Å². The molecule has 1 N–H and O–H groups in total. The Morgan fingerprint density at radius 2 is 2.25 bits per heavy atom. The average molecular weight is 242 g/mol. The highest BCUT2D eigenvalue weighted by molar-refractivity contribution is 6.31. The van der Waals surface area contributed by atoms with Crippen molar-refractivity contribution in [2.24, 2.45) is 0 Å². The molecule has 0 fully saturated rings. The Bertz CT molecular complexity index is 366. The molecule has 0 aliphatic heterocycles. The van der Waals surface area contributed by atoms with E-state index in [-0.39, 0.29) is 5.91 Å². The molecule has 0 heterocycles. The smallest absolute Gasteiger partial charge is 0.216 e. The van der Waals surface area contributed by atoms with E-state index >= 15 is 0 Å². The lowest BCUT2D eigenvalue weighted by molar-refractivity contribution is -0.119. The Balaban J connectivity index is 2.45. The predicted molar refractivity (Wildman–Crippen MR) is 65.0 cm³/mol. The molecule has 88 valence electrons. The zero-order chi connectivity index (χ0) is 12.0. The highest BCUT2D eigenvalue weighted by Crippen LogP contribution is 2.22.